The Morgan fingerprint density at radius 2 is 1.89 bits per heavy atom. The van der Waals surface area contributed by atoms with Gasteiger partial charge in [0.05, 0.1) is 0 Å². The van der Waals surface area contributed by atoms with E-state index in [1.54, 1.807) is 11.8 Å². The number of fused-ring (bicyclic) bond motifs is 1. The van der Waals surface area contributed by atoms with E-state index in [0.29, 0.717) is 5.56 Å². The van der Waals surface area contributed by atoms with Crippen molar-refractivity contribution in [3.63, 3.8) is 0 Å². The molecule has 0 heterocycles. The summed E-state index contributed by atoms with van der Waals surface area (Å²) < 4.78 is 0.975. The molecule has 3 heteroatoms. The first-order chi connectivity index (χ1) is 9.26. The van der Waals surface area contributed by atoms with E-state index in [4.69, 9.17) is 0 Å². The lowest BCUT2D eigenvalue weighted by molar-refractivity contribution is 0.112. The first kappa shape index (κ1) is 12.9. The minimum Gasteiger partial charge on any atom is -0.298 e. The predicted molar refractivity (Wildman–Crippen MR) is 82.1 cm³/mol. The molecule has 0 spiro atoms. The molecule has 2 aromatic rings. The van der Waals surface area contributed by atoms with Gasteiger partial charge in [-0.25, -0.2) is 0 Å². The Labute approximate surface area is 125 Å². The zero-order chi connectivity index (χ0) is 13.2. The molecule has 0 radical (unpaired) electrons. The van der Waals surface area contributed by atoms with Gasteiger partial charge in [-0.3, -0.25) is 4.79 Å². The highest BCUT2D eigenvalue weighted by Crippen LogP contribution is 2.36. The number of benzene rings is 2. The summed E-state index contributed by atoms with van der Waals surface area (Å²) >= 11 is 5.26. The number of halogens is 1. The van der Waals surface area contributed by atoms with E-state index in [0.717, 1.165) is 15.7 Å². The Morgan fingerprint density at radius 3 is 2.68 bits per heavy atom. The summed E-state index contributed by atoms with van der Waals surface area (Å²) in [5.41, 5.74) is 3.69. The lowest BCUT2D eigenvalue weighted by Crippen LogP contribution is -1.84. The van der Waals surface area contributed by atoms with Gasteiger partial charge >= 0.3 is 0 Å². The number of hydrogen-bond donors (Lipinski definition) is 0. The number of aryl methyl sites for hydroxylation is 2. The minimum absolute atomic E-state index is 0.699. The highest BCUT2D eigenvalue weighted by Gasteiger charge is 2.11. The molecule has 1 aliphatic carbocycles. The van der Waals surface area contributed by atoms with Crippen LogP contribution in [0.4, 0.5) is 0 Å². The van der Waals surface area contributed by atoms with E-state index in [9.17, 15) is 4.79 Å². The number of hydrogen-bond acceptors (Lipinski definition) is 2. The second-order valence-corrected chi connectivity index (χ2v) is 6.66. The van der Waals surface area contributed by atoms with Crippen LogP contribution < -0.4 is 0 Å². The van der Waals surface area contributed by atoms with Crippen molar-refractivity contribution in [1.82, 2.24) is 0 Å². The van der Waals surface area contributed by atoms with E-state index >= 15 is 0 Å². The van der Waals surface area contributed by atoms with E-state index in [2.05, 4.69) is 34.1 Å². The first-order valence-corrected chi connectivity index (χ1v) is 7.91. The maximum absolute atomic E-state index is 10.7. The fourth-order valence-corrected chi connectivity index (χ4v) is 3.93. The van der Waals surface area contributed by atoms with Crippen molar-refractivity contribution in [2.45, 2.75) is 29.1 Å². The smallest absolute Gasteiger partial charge is 0.150 e. The highest BCUT2D eigenvalue weighted by molar-refractivity contribution is 9.10. The van der Waals surface area contributed by atoms with Crippen LogP contribution in [0.15, 0.2) is 50.7 Å². The van der Waals surface area contributed by atoms with Gasteiger partial charge in [0, 0.05) is 19.8 Å². The number of carbonyl (C=O) groups is 1. The van der Waals surface area contributed by atoms with Gasteiger partial charge < -0.3 is 0 Å². The zero-order valence-corrected chi connectivity index (χ0v) is 12.8. The third-order valence-electron chi connectivity index (χ3n) is 3.39. The SMILES string of the molecule is O=Cc1ccc(Sc2ccc3c(c2)CCC3)c(Br)c1. The Morgan fingerprint density at radius 1 is 1.05 bits per heavy atom. The highest BCUT2D eigenvalue weighted by atomic mass is 79.9. The van der Waals surface area contributed by atoms with Crippen molar-refractivity contribution >= 4 is 34.0 Å². The summed E-state index contributed by atoms with van der Waals surface area (Å²) in [5, 5.41) is 0. The maximum atomic E-state index is 10.7. The molecule has 0 bridgehead atoms. The molecule has 0 saturated heterocycles. The Kier molecular flexibility index (Phi) is 3.76. The average molecular weight is 333 g/mol. The van der Waals surface area contributed by atoms with E-state index in [1.165, 1.54) is 35.3 Å². The van der Waals surface area contributed by atoms with Gasteiger partial charge in [-0.15, -0.1) is 0 Å². The van der Waals surface area contributed by atoms with Crippen molar-refractivity contribution in [2.75, 3.05) is 0 Å². The average Bonchev–Trinajstić information content (AvgIpc) is 2.88. The van der Waals surface area contributed by atoms with E-state index in [-0.39, 0.29) is 0 Å². The second kappa shape index (κ2) is 5.51. The zero-order valence-electron chi connectivity index (χ0n) is 10.4. The van der Waals surface area contributed by atoms with Crippen LogP contribution in [-0.4, -0.2) is 6.29 Å². The topological polar surface area (TPSA) is 17.1 Å². The Hall–Kier alpha value is -1.06. The fourth-order valence-electron chi connectivity index (χ4n) is 2.41. The minimum atomic E-state index is 0.699. The summed E-state index contributed by atoms with van der Waals surface area (Å²) in [6.07, 6.45) is 4.57. The van der Waals surface area contributed by atoms with Gasteiger partial charge in [0.2, 0.25) is 0 Å². The van der Waals surface area contributed by atoms with Crippen LogP contribution in [0.5, 0.6) is 0 Å². The largest absolute Gasteiger partial charge is 0.298 e. The summed E-state index contributed by atoms with van der Waals surface area (Å²) in [6, 6.07) is 12.4. The molecule has 0 N–H and O–H groups in total. The van der Waals surface area contributed by atoms with E-state index in [1.807, 2.05) is 18.2 Å². The molecule has 2 aromatic carbocycles. The normalized spacial score (nSPS) is 13.3. The third kappa shape index (κ3) is 2.77. The molecule has 1 aliphatic rings. The molecule has 96 valence electrons. The first-order valence-electron chi connectivity index (χ1n) is 6.30. The number of aldehydes is 1. The molecule has 0 saturated carbocycles. The lowest BCUT2D eigenvalue weighted by atomic mass is 10.1. The number of rotatable bonds is 3. The van der Waals surface area contributed by atoms with Gasteiger partial charge in [0.15, 0.2) is 0 Å². The van der Waals surface area contributed by atoms with Crippen LogP contribution in [0.25, 0.3) is 0 Å². The van der Waals surface area contributed by atoms with E-state index < -0.39 is 0 Å². The van der Waals surface area contributed by atoms with Crippen molar-refractivity contribution in [1.29, 1.82) is 0 Å². The predicted octanol–water partition coefficient (Wildman–Crippen LogP) is 4.90. The van der Waals surface area contributed by atoms with Gasteiger partial charge in [-0.2, -0.15) is 0 Å². The number of carbonyl (C=O) groups excluding carboxylic acids is 1. The standard InChI is InChI=1S/C16H13BrOS/c17-15-8-11(10-18)4-7-16(15)19-14-6-5-12-2-1-3-13(12)9-14/h4-10H,1-3H2. The fraction of sp³-hybridized carbons (Fsp3) is 0.188. The monoisotopic (exact) mass is 332 g/mol. The van der Waals surface area contributed by atoms with Crippen LogP contribution in [0.3, 0.4) is 0 Å². The molecule has 0 unspecified atom stereocenters. The summed E-state index contributed by atoms with van der Waals surface area (Å²) in [7, 11) is 0. The molecular formula is C16H13BrOS. The second-order valence-electron chi connectivity index (χ2n) is 4.69. The molecule has 0 aliphatic heterocycles. The molecule has 3 rings (SSSR count). The molecule has 0 fully saturated rings. The summed E-state index contributed by atoms with van der Waals surface area (Å²) in [5.74, 6) is 0. The maximum Gasteiger partial charge on any atom is 0.150 e. The van der Waals surface area contributed by atoms with Crippen LogP contribution >= 0.6 is 27.7 Å². The third-order valence-corrected chi connectivity index (χ3v) is 5.37. The van der Waals surface area contributed by atoms with Gasteiger partial charge in [-0.1, -0.05) is 23.9 Å². The summed E-state index contributed by atoms with van der Waals surface area (Å²) in [6.45, 7) is 0. The van der Waals surface area contributed by atoms with Crippen LogP contribution in [0.2, 0.25) is 0 Å². The van der Waals surface area contributed by atoms with Crippen LogP contribution in [0.1, 0.15) is 27.9 Å². The molecular weight excluding hydrogens is 320 g/mol. The molecule has 1 nitrogen and oxygen atoms in total. The van der Waals surface area contributed by atoms with Crippen LogP contribution in [0, 0.1) is 0 Å². The molecule has 19 heavy (non-hydrogen) atoms. The van der Waals surface area contributed by atoms with Crippen LogP contribution in [-0.2, 0) is 12.8 Å². The molecule has 0 aromatic heterocycles. The van der Waals surface area contributed by atoms with Crippen molar-refractivity contribution in [2.24, 2.45) is 0 Å². The van der Waals surface area contributed by atoms with Crippen molar-refractivity contribution in [3.8, 4) is 0 Å². The quantitative estimate of drug-likeness (QED) is 0.743. The molecule has 0 amide bonds. The van der Waals surface area contributed by atoms with Gasteiger partial charge in [0.1, 0.15) is 6.29 Å². The van der Waals surface area contributed by atoms with Gasteiger partial charge in [0.25, 0.3) is 0 Å². The summed E-state index contributed by atoms with van der Waals surface area (Å²) in [4.78, 5) is 13.1. The Bertz CT molecular complexity index is 637. The Balaban J connectivity index is 1.87. The van der Waals surface area contributed by atoms with Crippen molar-refractivity contribution < 1.29 is 4.79 Å². The molecule has 0 atom stereocenters. The van der Waals surface area contributed by atoms with Gasteiger partial charge in [-0.05, 0) is 70.6 Å². The van der Waals surface area contributed by atoms with Crippen molar-refractivity contribution in [3.05, 3.63) is 57.6 Å². The lowest BCUT2D eigenvalue weighted by Gasteiger charge is -2.07.